The van der Waals surface area contributed by atoms with E-state index in [-0.39, 0.29) is 24.0 Å². The number of carbonyl (C=O) groups excluding carboxylic acids is 3. The maximum absolute atomic E-state index is 12.4. The molecule has 0 saturated heterocycles. The molecule has 5 heteroatoms. The Morgan fingerprint density at radius 1 is 0.905 bits per heavy atom. The summed E-state index contributed by atoms with van der Waals surface area (Å²) < 4.78 is 0. The number of rotatable bonds is 6. The molecule has 116 valence electrons. The summed E-state index contributed by atoms with van der Waals surface area (Å²) in [6, 6.07) is 0. The minimum absolute atomic E-state index is 0.108. The summed E-state index contributed by atoms with van der Waals surface area (Å²) >= 11 is 0. The number of Topliss-reactive ketones (excluding diaryl/α,β-unsaturated/α-hetero) is 3. The zero-order valence-corrected chi connectivity index (χ0v) is 12.9. The van der Waals surface area contributed by atoms with Crippen LogP contribution in [-0.2, 0) is 14.4 Å². The Labute approximate surface area is 124 Å². The SMILES string of the molecule is CCCC(=O)C1=C(O)C(C)(C)C(O)=C(C(=O)CCC)C1=O. The van der Waals surface area contributed by atoms with E-state index in [1.165, 1.54) is 13.8 Å². The van der Waals surface area contributed by atoms with E-state index in [1.807, 2.05) is 0 Å². The zero-order chi connectivity index (χ0) is 16.4. The van der Waals surface area contributed by atoms with Crippen LogP contribution < -0.4 is 0 Å². The summed E-state index contributed by atoms with van der Waals surface area (Å²) in [6.45, 7) is 6.51. The van der Waals surface area contributed by atoms with Crippen LogP contribution in [0.2, 0.25) is 0 Å². The Hall–Kier alpha value is -1.91. The lowest BCUT2D eigenvalue weighted by Gasteiger charge is -2.31. The fourth-order valence-corrected chi connectivity index (χ4v) is 2.30. The molecule has 0 fully saturated rings. The third-order valence-corrected chi connectivity index (χ3v) is 3.62. The standard InChI is InChI=1S/C16H22O5/c1-5-7-9(17)11-13(19)12(10(18)8-6-2)15(21)16(3,4)14(11)20/h20-21H,5-8H2,1-4H3. The molecular weight excluding hydrogens is 272 g/mol. The van der Waals surface area contributed by atoms with Crippen molar-refractivity contribution >= 4 is 17.3 Å². The molecule has 0 aromatic rings. The molecule has 0 heterocycles. The van der Waals surface area contributed by atoms with Gasteiger partial charge in [0.1, 0.15) is 22.7 Å². The van der Waals surface area contributed by atoms with Crippen molar-refractivity contribution in [1.82, 2.24) is 0 Å². The Balaban J connectivity index is 3.44. The molecule has 0 atom stereocenters. The van der Waals surface area contributed by atoms with Gasteiger partial charge in [0.05, 0.1) is 5.41 Å². The minimum Gasteiger partial charge on any atom is -0.510 e. The van der Waals surface area contributed by atoms with E-state index >= 15 is 0 Å². The molecule has 1 rings (SSSR count). The number of hydrogen-bond acceptors (Lipinski definition) is 5. The summed E-state index contributed by atoms with van der Waals surface area (Å²) in [6.07, 6.45) is 1.27. The highest BCUT2D eigenvalue weighted by Crippen LogP contribution is 2.41. The molecule has 2 N–H and O–H groups in total. The Bertz CT molecular complexity index is 503. The first-order valence-corrected chi connectivity index (χ1v) is 7.18. The van der Waals surface area contributed by atoms with Gasteiger partial charge in [0, 0.05) is 12.8 Å². The average molecular weight is 294 g/mol. The lowest BCUT2D eigenvalue weighted by Crippen LogP contribution is -2.35. The molecule has 1 aliphatic carbocycles. The second-order valence-electron chi connectivity index (χ2n) is 5.75. The van der Waals surface area contributed by atoms with Crippen LogP contribution in [0.4, 0.5) is 0 Å². The van der Waals surface area contributed by atoms with Crippen LogP contribution in [0.5, 0.6) is 0 Å². The summed E-state index contributed by atoms with van der Waals surface area (Å²) in [5, 5.41) is 20.4. The van der Waals surface area contributed by atoms with Gasteiger partial charge in [-0.1, -0.05) is 13.8 Å². The molecule has 1 aliphatic rings. The molecule has 0 bridgehead atoms. The van der Waals surface area contributed by atoms with Crippen LogP contribution in [0.3, 0.4) is 0 Å². The number of ketones is 3. The minimum atomic E-state index is -1.31. The van der Waals surface area contributed by atoms with E-state index in [1.54, 1.807) is 13.8 Å². The highest BCUT2D eigenvalue weighted by atomic mass is 16.3. The number of hydrogen-bond donors (Lipinski definition) is 2. The van der Waals surface area contributed by atoms with Gasteiger partial charge in [0.25, 0.3) is 0 Å². The van der Waals surface area contributed by atoms with E-state index in [0.29, 0.717) is 12.8 Å². The molecule has 0 unspecified atom stereocenters. The quantitative estimate of drug-likeness (QED) is 0.735. The lowest BCUT2D eigenvalue weighted by molar-refractivity contribution is -0.123. The van der Waals surface area contributed by atoms with E-state index in [4.69, 9.17) is 0 Å². The molecule has 0 aliphatic heterocycles. The largest absolute Gasteiger partial charge is 0.510 e. The molecule has 21 heavy (non-hydrogen) atoms. The fraction of sp³-hybridized carbons (Fsp3) is 0.562. The summed E-state index contributed by atoms with van der Waals surface area (Å²) in [4.78, 5) is 36.6. The van der Waals surface area contributed by atoms with E-state index in [0.717, 1.165) is 0 Å². The first-order chi connectivity index (χ1) is 9.69. The van der Waals surface area contributed by atoms with Crippen LogP contribution in [0.25, 0.3) is 0 Å². The first-order valence-electron chi connectivity index (χ1n) is 7.18. The number of aliphatic hydroxyl groups is 2. The lowest BCUT2D eigenvalue weighted by atomic mass is 9.74. The van der Waals surface area contributed by atoms with Crippen LogP contribution in [0.15, 0.2) is 22.7 Å². The molecule has 0 spiro atoms. The molecule has 0 saturated carbocycles. The summed E-state index contributed by atoms with van der Waals surface area (Å²) in [5.74, 6) is -2.78. The number of allylic oxidation sites excluding steroid dienone is 2. The maximum Gasteiger partial charge on any atom is 0.207 e. The Kier molecular flexibility index (Phi) is 5.10. The van der Waals surface area contributed by atoms with Crippen molar-refractivity contribution in [3.05, 3.63) is 22.7 Å². The van der Waals surface area contributed by atoms with Crippen LogP contribution in [0.1, 0.15) is 53.4 Å². The fourth-order valence-electron chi connectivity index (χ4n) is 2.30. The van der Waals surface area contributed by atoms with Gasteiger partial charge in [-0.05, 0) is 26.7 Å². The van der Waals surface area contributed by atoms with E-state index in [2.05, 4.69) is 0 Å². The maximum atomic E-state index is 12.4. The second kappa shape index (κ2) is 6.24. The van der Waals surface area contributed by atoms with Gasteiger partial charge >= 0.3 is 0 Å². The average Bonchev–Trinajstić information content (AvgIpc) is 2.38. The van der Waals surface area contributed by atoms with Crippen LogP contribution in [-0.4, -0.2) is 27.6 Å². The summed E-state index contributed by atoms with van der Waals surface area (Å²) in [5.41, 5.74) is -2.04. The van der Waals surface area contributed by atoms with Crippen molar-refractivity contribution in [2.75, 3.05) is 0 Å². The van der Waals surface area contributed by atoms with Gasteiger partial charge in [-0.25, -0.2) is 0 Å². The van der Waals surface area contributed by atoms with Crippen molar-refractivity contribution in [2.45, 2.75) is 53.4 Å². The van der Waals surface area contributed by atoms with Crippen molar-refractivity contribution in [2.24, 2.45) is 5.41 Å². The van der Waals surface area contributed by atoms with Crippen molar-refractivity contribution < 1.29 is 24.6 Å². The van der Waals surface area contributed by atoms with Crippen molar-refractivity contribution in [3.63, 3.8) is 0 Å². The predicted octanol–water partition coefficient (Wildman–Crippen LogP) is 2.96. The Morgan fingerprint density at radius 2 is 1.24 bits per heavy atom. The number of aliphatic hydroxyl groups excluding tert-OH is 2. The first kappa shape index (κ1) is 17.1. The van der Waals surface area contributed by atoms with Gasteiger partial charge in [0.15, 0.2) is 11.6 Å². The van der Waals surface area contributed by atoms with Crippen LogP contribution >= 0.6 is 0 Å². The van der Waals surface area contributed by atoms with Crippen LogP contribution in [0, 0.1) is 5.41 Å². The highest BCUT2D eigenvalue weighted by molar-refractivity contribution is 6.36. The zero-order valence-electron chi connectivity index (χ0n) is 12.9. The van der Waals surface area contributed by atoms with Gasteiger partial charge in [-0.2, -0.15) is 0 Å². The normalized spacial score (nSPS) is 18.2. The second-order valence-corrected chi connectivity index (χ2v) is 5.75. The number of carbonyl (C=O) groups is 3. The van der Waals surface area contributed by atoms with Gasteiger partial charge in [-0.3, -0.25) is 14.4 Å². The molecule has 0 aromatic heterocycles. The molecule has 5 nitrogen and oxygen atoms in total. The molecule has 0 amide bonds. The van der Waals surface area contributed by atoms with Gasteiger partial charge < -0.3 is 10.2 Å². The highest BCUT2D eigenvalue weighted by Gasteiger charge is 2.45. The molecular formula is C16H22O5. The topological polar surface area (TPSA) is 91.7 Å². The van der Waals surface area contributed by atoms with E-state index in [9.17, 15) is 24.6 Å². The van der Waals surface area contributed by atoms with Crippen molar-refractivity contribution in [3.8, 4) is 0 Å². The van der Waals surface area contributed by atoms with Crippen molar-refractivity contribution in [1.29, 1.82) is 0 Å². The smallest absolute Gasteiger partial charge is 0.207 e. The van der Waals surface area contributed by atoms with E-state index < -0.39 is 34.3 Å². The third-order valence-electron chi connectivity index (χ3n) is 3.62. The monoisotopic (exact) mass is 294 g/mol. The molecule has 0 radical (unpaired) electrons. The predicted molar refractivity (Wildman–Crippen MR) is 77.9 cm³/mol. The van der Waals surface area contributed by atoms with Gasteiger partial charge in [0.2, 0.25) is 5.78 Å². The van der Waals surface area contributed by atoms with Gasteiger partial charge in [-0.15, -0.1) is 0 Å². The Morgan fingerprint density at radius 3 is 1.52 bits per heavy atom. The summed E-state index contributed by atoms with van der Waals surface area (Å²) in [7, 11) is 0. The molecule has 0 aromatic carbocycles. The third kappa shape index (κ3) is 2.91.